The Labute approximate surface area is 94.3 Å². The minimum Gasteiger partial charge on any atom is -0.351 e. The van der Waals surface area contributed by atoms with Crippen LogP contribution in [0.2, 0.25) is 0 Å². The van der Waals surface area contributed by atoms with E-state index in [2.05, 4.69) is 0 Å². The molecule has 1 aromatic rings. The van der Waals surface area contributed by atoms with Crippen molar-refractivity contribution in [2.45, 2.75) is 0 Å². The number of primary amides is 1. The molecule has 0 bridgehead atoms. The van der Waals surface area contributed by atoms with Crippen LogP contribution in [0.15, 0.2) is 30.3 Å². The molecule has 88 valence electrons. The van der Waals surface area contributed by atoms with E-state index in [1.165, 1.54) is 11.6 Å². The minimum atomic E-state index is -3.13. The molecule has 0 heterocycles. The minimum absolute atomic E-state index is 0.0326. The average Bonchev–Trinajstić information content (AvgIpc) is 2.17. The molecule has 0 saturated heterocycles. The molecular formula is C10H15N2O3P. The standard InChI is InChI=1S/C10H15N2O3P/c1-16(14,15)8-7-12(10(11)13)9-5-3-2-4-6-9/h2-6H,7-8H2,1H3,(H2,11,13)(H,14,15). The van der Waals surface area contributed by atoms with E-state index in [4.69, 9.17) is 5.73 Å². The summed E-state index contributed by atoms with van der Waals surface area (Å²) in [5.41, 5.74) is 5.84. The van der Waals surface area contributed by atoms with Crippen molar-refractivity contribution in [1.29, 1.82) is 0 Å². The fourth-order valence-electron chi connectivity index (χ4n) is 1.26. The van der Waals surface area contributed by atoms with Gasteiger partial charge in [-0.15, -0.1) is 0 Å². The summed E-state index contributed by atoms with van der Waals surface area (Å²) in [6.45, 7) is 1.40. The van der Waals surface area contributed by atoms with Crippen molar-refractivity contribution in [3.05, 3.63) is 30.3 Å². The quantitative estimate of drug-likeness (QED) is 0.784. The zero-order valence-electron chi connectivity index (χ0n) is 9.04. The van der Waals surface area contributed by atoms with Gasteiger partial charge in [0.05, 0.1) is 0 Å². The van der Waals surface area contributed by atoms with Crippen LogP contribution in [0.1, 0.15) is 0 Å². The summed E-state index contributed by atoms with van der Waals surface area (Å²) in [5.74, 6) is 0. The Morgan fingerprint density at radius 3 is 2.44 bits per heavy atom. The Kier molecular flexibility index (Phi) is 4.10. The highest BCUT2D eigenvalue weighted by atomic mass is 31.2. The van der Waals surface area contributed by atoms with E-state index >= 15 is 0 Å². The Morgan fingerprint density at radius 2 is 2.00 bits per heavy atom. The number of nitrogens with zero attached hydrogens (tertiary/aromatic N) is 1. The first-order chi connectivity index (χ1) is 7.40. The molecule has 16 heavy (non-hydrogen) atoms. The van der Waals surface area contributed by atoms with Gasteiger partial charge >= 0.3 is 6.03 Å². The highest BCUT2D eigenvalue weighted by Gasteiger charge is 2.16. The maximum Gasteiger partial charge on any atom is 0.319 e. The molecular weight excluding hydrogens is 227 g/mol. The SMILES string of the molecule is CP(=O)(O)CCN(C(N)=O)c1ccccc1. The van der Waals surface area contributed by atoms with E-state index in [9.17, 15) is 14.3 Å². The Bertz CT molecular complexity index is 402. The van der Waals surface area contributed by atoms with Gasteiger partial charge in [0.15, 0.2) is 7.37 Å². The van der Waals surface area contributed by atoms with Gasteiger partial charge in [0.1, 0.15) is 0 Å². The van der Waals surface area contributed by atoms with Gasteiger partial charge < -0.3 is 10.6 Å². The number of amides is 2. The first kappa shape index (κ1) is 12.7. The highest BCUT2D eigenvalue weighted by molar-refractivity contribution is 7.57. The van der Waals surface area contributed by atoms with Crippen LogP contribution in [0.5, 0.6) is 0 Å². The molecule has 1 aromatic carbocycles. The monoisotopic (exact) mass is 242 g/mol. The number of urea groups is 1. The number of hydrogen-bond acceptors (Lipinski definition) is 2. The fourth-order valence-corrected chi connectivity index (χ4v) is 1.83. The van der Waals surface area contributed by atoms with Gasteiger partial charge in [0.25, 0.3) is 0 Å². The van der Waals surface area contributed by atoms with Crippen LogP contribution in [0.25, 0.3) is 0 Å². The van der Waals surface area contributed by atoms with E-state index < -0.39 is 13.4 Å². The van der Waals surface area contributed by atoms with Crippen molar-refractivity contribution in [2.75, 3.05) is 24.3 Å². The van der Waals surface area contributed by atoms with Gasteiger partial charge in [-0.3, -0.25) is 9.46 Å². The fraction of sp³-hybridized carbons (Fsp3) is 0.300. The lowest BCUT2D eigenvalue weighted by Crippen LogP contribution is -2.37. The first-order valence-electron chi connectivity index (χ1n) is 4.81. The molecule has 0 saturated carbocycles. The van der Waals surface area contributed by atoms with E-state index in [0.717, 1.165) is 0 Å². The molecule has 0 aliphatic heterocycles. The Morgan fingerprint density at radius 1 is 1.44 bits per heavy atom. The number of rotatable bonds is 4. The maximum atomic E-state index is 11.2. The van der Waals surface area contributed by atoms with Crippen molar-refractivity contribution < 1.29 is 14.3 Å². The van der Waals surface area contributed by atoms with Gasteiger partial charge in [-0.1, -0.05) is 18.2 Å². The average molecular weight is 242 g/mol. The first-order valence-corrected chi connectivity index (χ1v) is 7.10. The van der Waals surface area contributed by atoms with Crippen LogP contribution in [0, 0.1) is 0 Å². The molecule has 1 unspecified atom stereocenters. The van der Waals surface area contributed by atoms with Crippen LogP contribution >= 0.6 is 7.37 Å². The van der Waals surface area contributed by atoms with Crippen LogP contribution in [-0.2, 0) is 4.57 Å². The number of nitrogens with two attached hydrogens (primary N) is 1. The van der Waals surface area contributed by atoms with E-state index in [1.807, 2.05) is 6.07 Å². The summed E-state index contributed by atoms with van der Waals surface area (Å²) < 4.78 is 11.1. The van der Waals surface area contributed by atoms with Gasteiger partial charge in [-0.2, -0.15) is 0 Å². The molecule has 2 amide bonds. The maximum absolute atomic E-state index is 11.2. The predicted octanol–water partition coefficient (Wildman–Crippen LogP) is 1.47. The number of hydrogen-bond donors (Lipinski definition) is 2. The topological polar surface area (TPSA) is 83.6 Å². The van der Waals surface area contributed by atoms with Crippen molar-refractivity contribution in [2.24, 2.45) is 5.73 Å². The van der Waals surface area contributed by atoms with E-state index in [-0.39, 0.29) is 12.7 Å². The molecule has 0 radical (unpaired) electrons. The van der Waals surface area contributed by atoms with Crippen LogP contribution < -0.4 is 10.6 Å². The second-order valence-corrected chi connectivity index (χ2v) is 6.15. The van der Waals surface area contributed by atoms with Crippen LogP contribution in [0.3, 0.4) is 0 Å². The normalized spacial score (nSPS) is 14.1. The van der Waals surface area contributed by atoms with Crippen LogP contribution in [-0.4, -0.2) is 30.3 Å². The van der Waals surface area contributed by atoms with Crippen molar-refractivity contribution in [3.63, 3.8) is 0 Å². The number of para-hydroxylation sites is 1. The van der Waals surface area contributed by atoms with Gasteiger partial charge in [-0.25, -0.2) is 4.79 Å². The summed E-state index contributed by atoms with van der Waals surface area (Å²) in [6, 6.07) is 8.19. The van der Waals surface area contributed by atoms with Gasteiger partial charge in [0, 0.05) is 25.1 Å². The number of carbonyl (C=O) groups excluding carboxylic acids is 1. The Hall–Kier alpha value is -1.32. The molecule has 1 rings (SSSR count). The number of benzene rings is 1. The molecule has 1 atom stereocenters. The van der Waals surface area contributed by atoms with E-state index in [0.29, 0.717) is 5.69 Å². The lowest BCUT2D eigenvalue weighted by molar-refractivity contribution is 0.254. The summed E-state index contributed by atoms with van der Waals surface area (Å²) in [6.07, 6.45) is 0.0326. The van der Waals surface area contributed by atoms with Gasteiger partial charge in [-0.05, 0) is 12.1 Å². The van der Waals surface area contributed by atoms with Crippen molar-refractivity contribution >= 4 is 19.1 Å². The molecule has 0 fully saturated rings. The zero-order chi connectivity index (χ0) is 12.2. The largest absolute Gasteiger partial charge is 0.351 e. The lowest BCUT2D eigenvalue weighted by atomic mass is 10.3. The molecule has 0 spiro atoms. The number of anilines is 1. The second-order valence-electron chi connectivity index (χ2n) is 3.60. The molecule has 6 heteroatoms. The van der Waals surface area contributed by atoms with Crippen molar-refractivity contribution in [3.8, 4) is 0 Å². The molecule has 0 aromatic heterocycles. The molecule has 5 nitrogen and oxygen atoms in total. The van der Waals surface area contributed by atoms with E-state index in [1.54, 1.807) is 24.3 Å². The third-order valence-electron chi connectivity index (χ3n) is 2.07. The van der Waals surface area contributed by atoms with Crippen molar-refractivity contribution in [1.82, 2.24) is 0 Å². The molecule has 3 N–H and O–H groups in total. The summed E-state index contributed by atoms with van der Waals surface area (Å²) in [5, 5.41) is 0. The second kappa shape index (κ2) is 5.14. The zero-order valence-corrected chi connectivity index (χ0v) is 9.93. The smallest absolute Gasteiger partial charge is 0.319 e. The summed E-state index contributed by atoms with van der Waals surface area (Å²) >= 11 is 0. The van der Waals surface area contributed by atoms with Crippen LogP contribution in [0.4, 0.5) is 10.5 Å². The molecule has 0 aliphatic rings. The van der Waals surface area contributed by atoms with Gasteiger partial charge in [0.2, 0.25) is 0 Å². The number of carbonyl (C=O) groups is 1. The molecule has 0 aliphatic carbocycles. The predicted molar refractivity (Wildman–Crippen MR) is 64.0 cm³/mol. The Balaban J connectivity index is 2.78. The lowest BCUT2D eigenvalue weighted by Gasteiger charge is -2.20. The third kappa shape index (κ3) is 4.04. The highest BCUT2D eigenvalue weighted by Crippen LogP contribution is 2.34. The summed E-state index contributed by atoms with van der Waals surface area (Å²) in [4.78, 5) is 21.6. The summed E-state index contributed by atoms with van der Waals surface area (Å²) in [7, 11) is -3.13. The third-order valence-corrected chi connectivity index (χ3v) is 3.10.